The van der Waals surface area contributed by atoms with Crippen molar-refractivity contribution in [1.82, 2.24) is 15.2 Å². The van der Waals surface area contributed by atoms with Crippen molar-refractivity contribution in [2.45, 2.75) is 28.4 Å². The smallest absolute Gasteiger partial charge is 0.144 e. The molecule has 16 radical (unpaired) electrons. The van der Waals surface area contributed by atoms with Crippen molar-refractivity contribution in [1.29, 1.82) is 0 Å². The van der Waals surface area contributed by atoms with Crippen LogP contribution in [0.3, 0.4) is 0 Å². The fourth-order valence-electron chi connectivity index (χ4n) is 4.20. The van der Waals surface area contributed by atoms with Crippen molar-refractivity contribution in [3.8, 4) is 11.3 Å². The summed E-state index contributed by atoms with van der Waals surface area (Å²) in [5.41, 5.74) is 1.33. The number of aromatic amines is 1. The van der Waals surface area contributed by atoms with Crippen LogP contribution in [0.15, 0.2) is 35.5 Å². The van der Waals surface area contributed by atoms with Crippen molar-refractivity contribution in [2.75, 3.05) is 10.2 Å². The molecule has 2 aromatic heterocycles. The summed E-state index contributed by atoms with van der Waals surface area (Å²) in [6, 6.07) is 4.89. The van der Waals surface area contributed by atoms with E-state index in [-0.39, 0.29) is 22.9 Å². The maximum absolute atomic E-state index is 14.6. The van der Waals surface area contributed by atoms with Gasteiger partial charge in [0.1, 0.15) is 66.1 Å². The second-order valence-corrected chi connectivity index (χ2v) is 8.99. The molecule has 1 fully saturated rings. The molecule has 7 nitrogen and oxygen atoms in total. The molecule has 17 heteroatoms. The molecule has 0 atom stereocenters. The lowest BCUT2D eigenvalue weighted by Crippen LogP contribution is -2.86. The standard InChI is InChI=1S/C20H10B8F2N6O/c1-7-14-15(35-34-7)8-5-12(36-17(21,22)19(25,26)37-20(27,28)18(36,23)24)31-6-11(8)32-16(33-14)13-9(29)3-2-4-10(13)30/h2-6H,1H3,(H,32,33)(H,34,35). The third-order valence-electron chi connectivity index (χ3n) is 6.29. The zero-order chi connectivity index (χ0) is 27.1. The molecule has 0 unspecified atom stereocenters. The normalized spacial score (nSPS) is 20.6. The lowest BCUT2D eigenvalue weighted by atomic mass is 9.30. The molecule has 37 heavy (non-hydrogen) atoms. The van der Waals surface area contributed by atoms with Gasteiger partial charge in [0.2, 0.25) is 0 Å². The van der Waals surface area contributed by atoms with Gasteiger partial charge < -0.3 is 15.0 Å². The van der Waals surface area contributed by atoms with Gasteiger partial charge in [0.25, 0.3) is 0 Å². The van der Waals surface area contributed by atoms with Crippen LogP contribution in [0.4, 0.5) is 26.0 Å². The van der Waals surface area contributed by atoms with E-state index in [1.54, 1.807) is 6.92 Å². The molecule has 2 aliphatic rings. The molecule has 4 heterocycles. The Morgan fingerprint density at radius 3 is 2.14 bits per heavy atom. The molecule has 0 amide bonds. The Kier molecular flexibility index (Phi) is 5.65. The summed E-state index contributed by atoms with van der Waals surface area (Å²) in [5.74, 6) is -1.85. The van der Waals surface area contributed by atoms with Crippen molar-refractivity contribution in [2.24, 2.45) is 4.99 Å². The van der Waals surface area contributed by atoms with Crippen molar-refractivity contribution in [3.63, 3.8) is 0 Å². The van der Waals surface area contributed by atoms with Crippen LogP contribution in [0, 0.1) is 18.6 Å². The Balaban J connectivity index is 1.71. The highest BCUT2D eigenvalue weighted by Crippen LogP contribution is 2.45. The van der Waals surface area contributed by atoms with Crippen molar-refractivity contribution in [3.05, 3.63) is 53.4 Å². The molecule has 0 spiro atoms. The number of amidine groups is 1. The minimum Gasteiger partial charge on any atom is -0.405 e. The van der Waals surface area contributed by atoms with Gasteiger partial charge in [-0.15, -0.1) is 0 Å². The zero-order valence-electron chi connectivity index (χ0n) is 19.5. The Labute approximate surface area is 222 Å². The van der Waals surface area contributed by atoms with E-state index in [1.807, 2.05) is 0 Å². The number of benzene rings is 1. The Bertz CT molecular complexity index is 1410. The fraction of sp³-hybridized carbons (Fsp3) is 0.250. The second kappa shape index (κ2) is 8.09. The summed E-state index contributed by atoms with van der Waals surface area (Å²) >= 11 is 0. The maximum Gasteiger partial charge on any atom is 0.144 e. The first kappa shape index (κ1) is 25.8. The topological polar surface area (TPSA) is 78.4 Å². The number of morpholine rings is 1. The monoisotopic (exact) mass is 476 g/mol. The van der Waals surface area contributed by atoms with Gasteiger partial charge >= 0.3 is 0 Å². The largest absolute Gasteiger partial charge is 0.405 e. The van der Waals surface area contributed by atoms with Crippen LogP contribution in [0.5, 0.6) is 0 Å². The van der Waals surface area contributed by atoms with Crippen LogP contribution < -0.4 is 10.2 Å². The number of rotatable bonds is 2. The van der Waals surface area contributed by atoms with Gasteiger partial charge in [0, 0.05) is 5.56 Å². The summed E-state index contributed by atoms with van der Waals surface area (Å²) in [6.07, 6.45) is 1.29. The third-order valence-corrected chi connectivity index (χ3v) is 6.29. The number of aromatic nitrogens is 3. The van der Waals surface area contributed by atoms with Crippen LogP contribution >= 0.6 is 0 Å². The predicted octanol–water partition coefficient (Wildman–Crippen LogP) is -0.638. The van der Waals surface area contributed by atoms with Crippen LogP contribution in [0.25, 0.3) is 11.3 Å². The average Bonchev–Trinajstić information content (AvgIpc) is 3.03. The number of aryl methyl sites for hydroxylation is 1. The number of fused-ring (bicyclic) bond motifs is 3. The number of halogens is 2. The molecule has 1 aromatic carbocycles. The summed E-state index contributed by atoms with van der Waals surface area (Å²) in [5, 5.41) is 0.722. The van der Waals surface area contributed by atoms with Gasteiger partial charge in [-0.2, -0.15) is 5.10 Å². The van der Waals surface area contributed by atoms with Crippen LogP contribution in [-0.2, 0) is 4.74 Å². The second-order valence-electron chi connectivity index (χ2n) is 8.99. The number of H-pyrrole nitrogens is 1. The van der Waals surface area contributed by atoms with Crippen LogP contribution in [0.1, 0.15) is 11.3 Å². The lowest BCUT2D eigenvalue weighted by Gasteiger charge is -2.70. The molecular weight excluding hydrogens is 465 g/mol. The van der Waals surface area contributed by atoms with Gasteiger partial charge in [-0.25, -0.2) is 18.8 Å². The number of nitrogens with one attached hydrogen (secondary N) is 2. The van der Waals surface area contributed by atoms with E-state index in [9.17, 15) is 8.78 Å². The van der Waals surface area contributed by atoms with Crippen molar-refractivity contribution < 1.29 is 13.5 Å². The van der Waals surface area contributed by atoms with Gasteiger partial charge in [-0.3, -0.25) is 5.10 Å². The Morgan fingerprint density at radius 2 is 1.54 bits per heavy atom. The van der Waals surface area contributed by atoms with Gasteiger partial charge in [-0.05, 0) is 46.6 Å². The molecule has 0 saturated carbocycles. The Morgan fingerprint density at radius 1 is 0.946 bits per heavy atom. The molecule has 1 saturated heterocycles. The predicted molar refractivity (Wildman–Crippen MR) is 143 cm³/mol. The quantitative estimate of drug-likeness (QED) is 0.483. The van der Waals surface area contributed by atoms with Gasteiger partial charge in [0.05, 0.1) is 54.5 Å². The molecule has 5 rings (SSSR count). The Hall–Kier alpha value is -2.81. The van der Waals surface area contributed by atoms with E-state index < -0.39 is 33.1 Å². The number of pyridine rings is 1. The molecule has 2 aliphatic heterocycles. The SMILES string of the molecule is [B]C1([B])OC([B])([B])C([B])([B])N(c2cc3c(cn2)NC(c2c(F)cccc2F)=Nc2c-3n[nH]c2C)C1([B])[B]. The van der Waals surface area contributed by atoms with Crippen LogP contribution in [0.2, 0.25) is 0 Å². The van der Waals surface area contributed by atoms with E-state index in [4.69, 9.17) is 67.5 Å². The highest BCUT2D eigenvalue weighted by Gasteiger charge is 2.57. The number of aliphatic imine (C=N–C) groups is 1. The van der Waals surface area contributed by atoms with E-state index in [0.717, 1.165) is 17.0 Å². The first-order valence-corrected chi connectivity index (χ1v) is 10.8. The molecule has 3 aromatic rings. The fourth-order valence-corrected chi connectivity index (χ4v) is 4.20. The van der Waals surface area contributed by atoms with Crippen molar-refractivity contribution >= 4 is 85.8 Å². The van der Waals surface area contributed by atoms with E-state index in [0.29, 0.717) is 22.6 Å². The lowest BCUT2D eigenvalue weighted by molar-refractivity contribution is -0.0256. The highest BCUT2D eigenvalue weighted by molar-refractivity contribution is 6.61. The van der Waals surface area contributed by atoms with Crippen LogP contribution in [-0.4, -0.2) is 105 Å². The first-order chi connectivity index (χ1) is 17.1. The number of anilines is 2. The summed E-state index contributed by atoms with van der Waals surface area (Å²) in [7, 11) is 48.9. The zero-order valence-corrected chi connectivity index (χ0v) is 19.5. The van der Waals surface area contributed by atoms with E-state index in [2.05, 4.69) is 25.5 Å². The molecule has 164 valence electrons. The number of hydrogen-bond acceptors (Lipinski definition) is 6. The van der Waals surface area contributed by atoms with E-state index in [1.165, 1.54) is 18.3 Å². The third kappa shape index (κ3) is 3.72. The molecule has 2 N–H and O–H groups in total. The maximum atomic E-state index is 14.6. The first-order valence-electron chi connectivity index (χ1n) is 10.8. The minimum atomic E-state index is -2.35. The molecular formula is C20H10B8F2N6O. The summed E-state index contributed by atoms with van der Waals surface area (Å²) in [4.78, 5) is 9.68. The average molecular weight is 475 g/mol. The summed E-state index contributed by atoms with van der Waals surface area (Å²) < 4.78 is 34.5. The van der Waals surface area contributed by atoms with Gasteiger partial charge in [-0.1, -0.05) is 6.07 Å². The number of nitrogens with zero attached hydrogens (tertiary/aromatic N) is 4. The highest BCUT2D eigenvalue weighted by atomic mass is 19.1. The molecule has 0 aliphatic carbocycles. The molecule has 0 bridgehead atoms. The summed E-state index contributed by atoms with van der Waals surface area (Å²) in [6.45, 7) is 1.68. The minimum absolute atomic E-state index is 0.0773. The number of ether oxygens (including phenoxy) is 1. The van der Waals surface area contributed by atoms with Gasteiger partial charge in [0.15, 0.2) is 0 Å². The van der Waals surface area contributed by atoms with E-state index >= 15 is 0 Å². The number of hydrogen-bond donors (Lipinski definition) is 2.